The summed E-state index contributed by atoms with van der Waals surface area (Å²) in [6, 6.07) is 13.1. The molecule has 7 heteroatoms. The molecule has 1 aliphatic rings. The van der Waals surface area contributed by atoms with Gasteiger partial charge < -0.3 is 19.7 Å². The van der Waals surface area contributed by atoms with Crippen molar-refractivity contribution in [1.29, 1.82) is 0 Å². The first-order valence-electron chi connectivity index (χ1n) is 11.1. The molecule has 3 rings (SSSR count). The van der Waals surface area contributed by atoms with Crippen molar-refractivity contribution in [3.63, 3.8) is 0 Å². The number of fused-ring (bicyclic) bond motifs is 1. The summed E-state index contributed by atoms with van der Waals surface area (Å²) in [5.41, 5.74) is 1.98. The van der Waals surface area contributed by atoms with E-state index in [2.05, 4.69) is 21.2 Å². The third-order valence-electron chi connectivity index (χ3n) is 5.67. The van der Waals surface area contributed by atoms with Crippen LogP contribution in [0, 0.1) is 0 Å². The number of benzene rings is 2. The first kappa shape index (κ1) is 24.1. The zero-order chi connectivity index (χ0) is 23.1. The Bertz CT molecular complexity index is 932. The maximum atomic E-state index is 13.3. The number of ether oxygens (including phenoxy) is 2. The van der Waals surface area contributed by atoms with Crippen LogP contribution in [0.4, 0.5) is 0 Å². The highest BCUT2D eigenvalue weighted by Crippen LogP contribution is 2.31. The summed E-state index contributed by atoms with van der Waals surface area (Å²) in [5, 5.41) is 3.00. The van der Waals surface area contributed by atoms with E-state index in [4.69, 9.17) is 9.47 Å². The maximum Gasteiger partial charge on any atom is 0.242 e. The lowest BCUT2D eigenvalue weighted by Crippen LogP contribution is -2.49. The lowest BCUT2D eigenvalue weighted by atomic mass is 10.1. The predicted molar refractivity (Wildman–Crippen MR) is 128 cm³/mol. The Morgan fingerprint density at radius 1 is 1.03 bits per heavy atom. The first-order chi connectivity index (χ1) is 15.4. The number of amides is 2. The molecule has 1 heterocycles. The molecule has 2 aromatic rings. The molecule has 2 amide bonds. The van der Waals surface area contributed by atoms with Crippen LogP contribution in [-0.4, -0.2) is 42.0 Å². The van der Waals surface area contributed by atoms with Crippen LogP contribution in [0.15, 0.2) is 46.9 Å². The number of halogens is 1. The number of carbonyl (C=O) groups is 2. The van der Waals surface area contributed by atoms with Crippen molar-refractivity contribution in [1.82, 2.24) is 10.2 Å². The van der Waals surface area contributed by atoms with E-state index in [0.717, 1.165) is 27.8 Å². The van der Waals surface area contributed by atoms with E-state index in [9.17, 15) is 9.59 Å². The Kier molecular flexibility index (Phi) is 8.56. The van der Waals surface area contributed by atoms with Gasteiger partial charge in [0.25, 0.3) is 0 Å². The molecule has 0 spiro atoms. The molecule has 0 radical (unpaired) electrons. The summed E-state index contributed by atoms with van der Waals surface area (Å²) >= 11 is 3.44. The van der Waals surface area contributed by atoms with Crippen molar-refractivity contribution in [2.24, 2.45) is 0 Å². The summed E-state index contributed by atoms with van der Waals surface area (Å²) in [7, 11) is 0. The van der Waals surface area contributed by atoms with Gasteiger partial charge in [0.15, 0.2) is 11.5 Å². The highest BCUT2D eigenvalue weighted by atomic mass is 79.9. The number of hydrogen-bond donors (Lipinski definition) is 1. The molecule has 1 aliphatic heterocycles. The largest absolute Gasteiger partial charge is 0.486 e. The van der Waals surface area contributed by atoms with Crippen LogP contribution in [0.1, 0.15) is 44.7 Å². The Morgan fingerprint density at radius 2 is 1.69 bits per heavy atom. The highest BCUT2D eigenvalue weighted by molar-refractivity contribution is 9.10. The minimum absolute atomic E-state index is 0.0605. The lowest BCUT2D eigenvalue weighted by molar-refractivity contribution is -0.140. The summed E-state index contributed by atoms with van der Waals surface area (Å²) in [4.78, 5) is 27.7. The van der Waals surface area contributed by atoms with Crippen LogP contribution in [0.3, 0.4) is 0 Å². The molecule has 0 unspecified atom stereocenters. The van der Waals surface area contributed by atoms with Crippen molar-refractivity contribution in [3.05, 3.63) is 58.1 Å². The second-order valence-electron chi connectivity index (χ2n) is 8.12. The maximum absolute atomic E-state index is 13.3. The van der Waals surface area contributed by atoms with Gasteiger partial charge in [0.05, 0.1) is 0 Å². The normalized spacial score (nSPS) is 14.4. The molecular weight excluding hydrogens is 472 g/mol. The van der Waals surface area contributed by atoms with Gasteiger partial charge in [0.2, 0.25) is 11.8 Å². The van der Waals surface area contributed by atoms with Gasteiger partial charge in [0.1, 0.15) is 19.3 Å². The number of rotatable bonds is 9. The molecule has 172 valence electrons. The zero-order valence-electron chi connectivity index (χ0n) is 18.9. The number of nitrogens with zero attached hydrogens (tertiary/aromatic N) is 1. The molecule has 1 N–H and O–H groups in total. The van der Waals surface area contributed by atoms with Crippen LogP contribution in [-0.2, 0) is 22.6 Å². The first-order valence-corrected chi connectivity index (χ1v) is 11.9. The Hall–Kier alpha value is -2.54. The number of carbonyl (C=O) groups excluding carboxylic acids is 2. The topological polar surface area (TPSA) is 67.9 Å². The average Bonchev–Trinajstić information content (AvgIpc) is 2.81. The molecule has 0 aliphatic carbocycles. The Balaban J connectivity index is 1.71. The minimum atomic E-state index is -0.569. The van der Waals surface area contributed by atoms with E-state index in [1.54, 1.807) is 11.8 Å². The van der Waals surface area contributed by atoms with Crippen LogP contribution in [0.2, 0.25) is 0 Å². The van der Waals surface area contributed by atoms with E-state index in [0.29, 0.717) is 38.3 Å². The summed E-state index contributed by atoms with van der Waals surface area (Å²) in [6.45, 7) is 7.23. The monoisotopic (exact) mass is 502 g/mol. The number of hydrogen-bond acceptors (Lipinski definition) is 4. The average molecular weight is 503 g/mol. The highest BCUT2D eigenvalue weighted by Gasteiger charge is 2.26. The van der Waals surface area contributed by atoms with Gasteiger partial charge in [-0.2, -0.15) is 0 Å². The summed E-state index contributed by atoms with van der Waals surface area (Å²) < 4.78 is 12.2. The standard InChI is InChI=1S/C25H31BrN2O4/c1-4-17(2)27-25(30)18(3)28(16-20-5-9-21(26)10-6-20)24(29)12-8-19-7-11-22-23(15-19)32-14-13-31-22/h5-7,9-11,15,17-18H,4,8,12-14,16H2,1-3H3,(H,27,30)/t17-,18-/m0/s1. The van der Waals surface area contributed by atoms with E-state index in [-0.39, 0.29) is 17.9 Å². The molecule has 0 bridgehead atoms. The SMILES string of the molecule is CC[C@H](C)NC(=O)[C@H](C)N(Cc1ccc(Br)cc1)C(=O)CCc1ccc2c(c1)OCCO2. The van der Waals surface area contributed by atoms with Crippen LogP contribution < -0.4 is 14.8 Å². The van der Waals surface area contributed by atoms with Crippen molar-refractivity contribution in [2.45, 2.75) is 58.7 Å². The van der Waals surface area contributed by atoms with Gasteiger partial charge in [-0.15, -0.1) is 0 Å². The van der Waals surface area contributed by atoms with Crippen molar-refractivity contribution in [2.75, 3.05) is 13.2 Å². The van der Waals surface area contributed by atoms with E-state index in [1.165, 1.54) is 0 Å². The van der Waals surface area contributed by atoms with Gasteiger partial charge in [-0.25, -0.2) is 0 Å². The molecule has 2 aromatic carbocycles. The molecule has 2 atom stereocenters. The quantitative estimate of drug-likeness (QED) is 0.548. The molecule has 0 fully saturated rings. The molecular formula is C25H31BrN2O4. The van der Waals surface area contributed by atoms with Gasteiger partial charge >= 0.3 is 0 Å². The summed E-state index contributed by atoms with van der Waals surface area (Å²) in [6.07, 6.45) is 1.70. The fourth-order valence-corrected chi connectivity index (χ4v) is 3.74. The van der Waals surface area contributed by atoms with E-state index in [1.807, 2.05) is 56.3 Å². The summed E-state index contributed by atoms with van der Waals surface area (Å²) in [5.74, 6) is 1.26. The third kappa shape index (κ3) is 6.48. The zero-order valence-corrected chi connectivity index (χ0v) is 20.5. The van der Waals surface area contributed by atoms with E-state index >= 15 is 0 Å². The van der Waals surface area contributed by atoms with Gasteiger partial charge in [0, 0.05) is 23.5 Å². The lowest BCUT2D eigenvalue weighted by Gasteiger charge is -2.30. The third-order valence-corrected chi connectivity index (χ3v) is 6.20. The van der Waals surface area contributed by atoms with Gasteiger partial charge in [-0.1, -0.05) is 41.1 Å². The van der Waals surface area contributed by atoms with Gasteiger partial charge in [-0.3, -0.25) is 9.59 Å². The van der Waals surface area contributed by atoms with Gasteiger partial charge in [-0.05, 0) is 62.1 Å². The molecule has 0 saturated heterocycles. The number of aryl methyl sites for hydroxylation is 1. The smallest absolute Gasteiger partial charge is 0.242 e. The van der Waals surface area contributed by atoms with Crippen molar-refractivity contribution < 1.29 is 19.1 Å². The Labute approximate surface area is 198 Å². The molecule has 6 nitrogen and oxygen atoms in total. The minimum Gasteiger partial charge on any atom is -0.486 e. The number of nitrogens with one attached hydrogen (secondary N) is 1. The Morgan fingerprint density at radius 3 is 2.38 bits per heavy atom. The van der Waals surface area contributed by atoms with Crippen LogP contribution in [0.25, 0.3) is 0 Å². The fraction of sp³-hybridized carbons (Fsp3) is 0.440. The fourth-order valence-electron chi connectivity index (χ4n) is 3.47. The second-order valence-corrected chi connectivity index (χ2v) is 9.04. The van der Waals surface area contributed by atoms with Crippen molar-refractivity contribution >= 4 is 27.7 Å². The van der Waals surface area contributed by atoms with Crippen molar-refractivity contribution in [3.8, 4) is 11.5 Å². The van der Waals surface area contributed by atoms with Crippen LogP contribution >= 0.6 is 15.9 Å². The van der Waals surface area contributed by atoms with E-state index < -0.39 is 6.04 Å². The molecule has 0 saturated carbocycles. The van der Waals surface area contributed by atoms with Crippen LogP contribution in [0.5, 0.6) is 11.5 Å². The predicted octanol–water partition coefficient (Wildman–Crippen LogP) is 4.48. The second kappa shape index (κ2) is 11.4. The molecule has 0 aromatic heterocycles. The molecule has 32 heavy (non-hydrogen) atoms.